The Morgan fingerprint density at radius 1 is 1.29 bits per heavy atom. The van der Waals surface area contributed by atoms with Crippen molar-refractivity contribution in [1.29, 1.82) is 0 Å². The molecule has 0 saturated carbocycles. The molecule has 0 heterocycles. The second-order valence-electron chi connectivity index (χ2n) is 4.48. The van der Waals surface area contributed by atoms with Crippen molar-refractivity contribution >= 4 is 5.97 Å². The fourth-order valence-electron chi connectivity index (χ4n) is 1.04. The van der Waals surface area contributed by atoms with Gasteiger partial charge in [-0.15, -0.1) is 0 Å². The van der Waals surface area contributed by atoms with E-state index in [1.54, 1.807) is 0 Å². The minimum absolute atomic E-state index is 0.0440. The van der Waals surface area contributed by atoms with E-state index in [2.05, 4.69) is 39.8 Å². The fourth-order valence-corrected chi connectivity index (χ4v) is 1.04. The summed E-state index contributed by atoms with van der Waals surface area (Å²) >= 11 is 0. The maximum absolute atomic E-state index is 11.0. The molecule has 0 N–H and O–H groups in total. The first-order valence-corrected chi connectivity index (χ1v) is 6.85. The van der Waals surface area contributed by atoms with Gasteiger partial charge in [0.05, 0.1) is 6.61 Å². The molecule has 0 aliphatic rings. The number of unbranched alkanes of at least 4 members (excludes halogenated alkanes) is 1. The molecule has 0 aromatic heterocycles. The van der Waals surface area contributed by atoms with Crippen molar-refractivity contribution < 1.29 is 9.53 Å². The summed E-state index contributed by atoms with van der Waals surface area (Å²) in [5, 5.41) is 0. The highest BCUT2D eigenvalue weighted by Crippen LogP contribution is 2.01. The fraction of sp³-hybridized carbons (Fsp3) is 0.800. The van der Waals surface area contributed by atoms with Crippen LogP contribution in [-0.4, -0.2) is 12.6 Å². The predicted molar refractivity (Wildman–Crippen MR) is 75.0 cm³/mol. The average molecular weight is 242 g/mol. The molecular weight excluding hydrogens is 212 g/mol. The monoisotopic (exact) mass is 242 g/mol. The molecule has 0 unspecified atom stereocenters. The van der Waals surface area contributed by atoms with Gasteiger partial charge in [0, 0.05) is 6.42 Å². The number of ether oxygens (including phenoxy) is 1. The highest BCUT2D eigenvalue weighted by atomic mass is 16.5. The lowest BCUT2D eigenvalue weighted by Crippen LogP contribution is -2.07. The quantitative estimate of drug-likeness (QED) is 0.476. The van der Waals surface area contributed by atoms with Crippen molar-refractivity contribution in [2.45, 2.75) is 66.7 Å². The number of esters is 1. The maximum atomic E-state index is 11.0. The zero-order valence-corrected chi connectivity index (χ0v) is 12.3. The summed E-state index contributed by atoms with van der Waals surface area (Å²) in [6.45, 7) is 11.1. The van der Waals surface area contributed by atoms with Crippen LogP contribution in [0.15, 0.2) is 12.2 Å². The van der Waals surface area contributed by atoms with Crippen molar-refractivity contribution in [3.05, 3.63) is 12.2 Å². The van der Waals surface area contributed by atoms with Gasteiger partial charge in [-0.25, -0.2) is 0 Å². The SMILES string of the molecule is CC=CCC.CCCCC(=O)OCCC(C)C. The van der Waals surface area contributed by atoms with Gasteiger partial charge in [-0.3, -0.25) is 4.79 Å². The van der Waals surface area contributed by atoms with Gasteiger partial charge in [0.25, 0.3) is 0 Å². The molecule has 102 valence electrons. The number of rotatable bonds is 7. The molecule has 0 aliphatic carbocycles. The van der Waals surface area contributed by atoms with E-state index in [-0.39, 0.29) is 5.97 Å². The van der Waals surface area contributed by atoms with Crippen LogP contribution in [0, 0.1) is 5.92 Å². The second-order valence-corrected chi connectivity index (χ2v) is 4.48. The van der Waals surface area contributed by atoms with Crippen LogP contribution in [0.4, 0.5) is 0 Å². The average Bonchev–Trinajstić information content (AvgIpc) is 2.28. The second kappa shape index (κ2) is 15.2. The largest absolute Gasteiger partial charge is 0.466 e. The summed E-state index contributed by atoms with van der Waals surface area (Å²) in [6.07, 6.45) is 8.89. The van der Waals surface area contributed by atoms with Crippen molar-refractivity contribution in [2.75, 3.05) is 6.61 Å². The molecule has 0 fully saturated rings. The topological polar surface area (TPSA) is 26.3 Å². The van der Waals surface area contributed by atoms with Crippen LogP contribution < -0.4 is 0 Å². The Labute approximate surface area is 107 Å². The summed E-state index contributed by atoms with van der Waals surface area (Å²) in [4.78, 5) is 11.0. The van der Waals surface area contributed by atoms with Gasteiger partial charge in [-0.05, 0) is 32.1 Å². The normalized spacial score (nSPS) is 10.2. The van der Waals surface area contributed by atoms with E-state index in [0.717, 1.165) is 25.7 Å². The lowest BCUT2D eigenvalue weighted by Gasteiger charge is -2.05. The lowest BCUT2D eigenvalue weighted by molar-refractivity contribution is -0.144. The van der Waals surface area contributed by atoms with E-state index >= 15 is 0 Å². The van der Waals surface area contributed by atoms with Gasteiger partial charge in [-0.2, -0.15) is 0 Å². The molecule has 0 rings (SSSR count). The summed E-state index contributed by atoms with van der Waals surface area (Å²) in [5.74, 6) is 0.571. The Bertz CT molecular complexity index is 183. The van der Waals surface area contributed by atoms with Gasteiger partial charge < -0.3 is 4.74 Å². The summed E-state index contributed by atoms with van der Waals surface area (Å²) in [7, 11) is 0. The molecule has 0 aromatic carbocycles. The van der Waals surface area contributed by atoms with Crippen LogP contribution in [0.2, 0.25) is 0 Å². The molecular formula is C15H30O2. The Morgan fingerprint density at radius 2 is 1.94 bits per heavy atom. The van der Waals surface area contributed by atoms with Crippen LogP contribution in [0.3, 0.4) is 0 Å². The lowest BCUT2D eigenvalue weighted by atomic mass is 10.1. The third kappa shape index (κ3) is 21.1. The molecule has 17 heavy (non-hydrogen) atoms. The first-order chi connectivity index (χ1) is 8.08. The van der Waals surface area contributed by atoms with E-state index in [9.17, 15) is 4.79 Å². The minimum atomic E-state index is -0.0440. The van der Waals surface area contributed by atoms with Crippen LogP contribution in [-0.2, 0) is 9.53 Å². The maximum Gasteiger partial charge on any atom is 0.305 e. The molecule has 0 aliphatic heterocycles. The van der Waals surface area contributed by atoms with Gasteiger partial charge in [0.1, 0.15) is 0 Å². The van der Waals surface area contributed by atoms with Crippen molar-refractivity contribution in [3.63, 3.8) is 0 Å². The number of allylic oxidation sites excluding steroid dienone is 2. The van der Waals surface area contributed by atoms with E-state index in [4.69, 9.17) is 4.74 Å². The van der Waals surface area contributed by atoms with E-state index in [1.807, 2.05) is 6.92 Å². The summed E-state index contributed by atoms with van der Waals surface area (Å²) < 4.78 is 5.02. The first-order valence-electron chi connectivity index (χ1n) is 6.85. The molecule has 0 spiro atoms. The third-order valence-corrected chi connectivity index (χ3v) is 2.16. The number of carbonyl (C=O) groups excluding carboxylic acids is 1. The summed E-state index contributed by atoms with van der Waals surface area (Å²) in [5.41, 5.74) is 0. The van der Waals surface area contributed by atoms with E-state index in [0.29, 0.717) is 18.9 Å². The zero-order valence-electron chi connectivity index (χ0n) is 12.3. The first kappa shape index (κ1) is 18.6. The van der Waals surface area contributed by atoms with Crippen molar-refractivity contribution in [1.82, 2.24) is 0 Å². The molecule has 0 amide bonds. The van der Waals surface area contributed by atoms with Crippen molar-refractivity contribution in [2.24, 2.45) is 5.92 Å². The van der Waals surface area contributed by atoms with Crippen LogP contribution in [0.5, 0.6) is 0 Å². The Hall–Kier alpha value is -0.790. The van der Waals surface area contributed by atoms with Crippen LogP contribution in [0.25, 0.3) is 0 Å². The molecule has 0 bridgehead atoms. The van der Waals surface area contributed by atoms with Crippen LogP contribution in [0.1, 0.15) is 66.7 Å². The van der Waals surface area contributed by atoms with Gasteiger partial charge in [-0.1, -0.05) is 46.3 Å². The van der Waals surface area contributed by atoms with Gasteiger partial charge >= 0.3 is 5.97 Å². The zero-order chi connectivity index (χ0) is 13.5. The number of carbonyl (C=O) groups is 1. The molecule has 2 heteroatoms. The Morgan fingerprint density at radius 3 is 2.29 bits per heavy atom. The Kier molecular flexibility index (Phi) is 16.6. The molecule has 0 radical (unpaired) electrons. The summed E-state index contributed by atoms with van der Waals surface area (Å²) in [6, 6.07) is 0. The van der Waals surface area contributed by atoms with Crippen molar-refractivity contribution in [3.8, 4) is 0 Å². The number of hydrogen-bond donors (Lipinski definition) is 0. The highest BCUT2D eigenvalue weighted by Gasteiger charge is 2.01. The van der Waals surface area contributed by atoms with Gasteiger partial charge in [0.15, 0.2) is 0 Å². The predicted octanol–water partition coefficient (Wildman–Crippen LogP) is 4.74. The molecule has 0 saturated heterocycles. The van der Waals surface area contributed by atoms with Gasteiger partial charge in [0.2, 0.25) is 0 Å². The number of hydrogen-bond acceptors (Lipinski definition) is 2. The minimum Gasteiger partial charge on any atom is -0.466 e. The Balaban J connectivity index is 0. The van der Waals surface area contributed by atoms with Crippen LogP contribution >= 0.6 is 0 Å². The molecule has 2 nitrogen and oxygen atoms in total. The highest BCUT2D eigenvalue weighted by molar-refractivity contribution is 5.69. The van der Waals surface area contributed by atoms with E-state index in [1.165, 1.54) is 0 Å². The third-order valence-electron chi connectivity index (χ3n) is 2.16. The molecule has 0 aromatic rings. The molecule has 0 atom stereocenters. The van der Waals surface area contributed by atoms with E-state index < -0.39 is 0 Å². The standard InChI is InChI=1S/C10H20O2.C5H10/c1-4-5-6-10(11)12-8-7-9(2)3;1-3-5-4-2/h9H,4-8H2,1-3H3;3,5H,4H2,1-2H3. The smallest absolute Gasteiger partial charge is 0.305 e.